The smallest absolute Gasteiger partial charge is 0.213 e. The van der Waals surface area contributed by atoms with E-state index in [9.17, 15) is 0 Å². The molecule has 0 saturated heterocycles. The fraction of sp³-hybridized carbons (Fsp3) is 0.667. The topological polar surface area (TPSA) is 50.4 Å². The van der Waals surface area contributed by atoms with Gasteiger partial charge in [-0.2, -0.15) is 0 Å². The summed E-state index contributed by atoms with van der Waals surface area (Å²) >= 11 is 1.88. The van der Waals surface area contributed by atoms with Crippen LogP contribution in [-0.2, 0) is 13.0 Å². The lowest BCUT2D eigenvalue weighted by Gasteiger charge is -2.05. The van der Waals surface area contributed by atoms with Gasteiger partial charge in [-0.3, -0.25) is 4.99 Å². The second kappa shape index (κ2) is 4.72. The maximum Gasteiger partial charge on any atom is 0.213 e. The van der Waals surface area contributed by atoms with Crippen LogP contribution in [0.5, 0.6) is 0 Å². The van der Waals surface area contributed by atoms with Crippen molar-refractivity contribution in [3.05, 3.63) is 17.8 Å². The molecule has 2 aliphatic rings. The minimum Gasteiger partial charge on any atom is -0.444 e. The van der Waals surface area contributed by atoms with Gasteiger partial charge in [0, 0.05) is 11.7 Å². The third-order valence-corrected chi connectivity index (χ3v) is 4.50. The number of hydrogen-bond donors (Lipinski definition) is 1. The van der Waals surface area contributed by atoms with Crippen LogP contribution in [-0.4, -0.2) is 21.9 Å². The first-order valence-corrected chi connectivity index (χ1v) is 7.11. The molecule has 17 heavy (non-hydrogen) atoms. The molecule has 0 aromatic carbocycles. The summed E-state index contributed by atoms with van der Waals surface area (Å²) in [5.41, 5.74) is 0. The number of nitrogens with zero attached hydrogens (tertiary/aromatic N) is 2. The van der Waals surface area contributed by atoms with Crippen molar-refractivity contribution in [1.29, 1.82) is 0 Å². The van der Waals surface area contributed by atoms with Crippen LogP contribution in [0.1, 0.15) is 31.4 Å². The second-order valence-electron chi connectivity index (χ2n) is 4.57. The van der Waals surface area contributed by atoms with E-state index in [-0.39, 0.29) is 0 Å². The van der Waals surface area contributed by atoms with E-state index in [4.69, 9.17) is 4.42 Å². The number of hydrogen-bond acceptors (Lipinski definition) is 5. The highest BCUT2D eigenvalue weighted by Crippen LogP contribution is 2.41. The molecule has 1 saturated carbocycles. The quantitative estimate of drug-likeness (QED) is 0.891. The average molecular weight is 251 g/mol. The summed E-state index contributed by atoms with van der Waals surface area (Å²) < 4.78 is 5.54. The van der Waals surface area contributed by atoms with Gasteiger partial charge in [0.05, 0.1) is 19.3 Å². The summed E-state index contributed by atoms with van der Waals surface area (Å²) in [4.78, 5) is 8.74. The van der Waals surface area contributed by atoms with Crippen LogP contribution in [0.4, 0.5) is 0 Å². The Morgan fingerprint density at radius 3 is 3.12 bits per heavy atom. The van der Waals surface area contributed by atoms with Gasteiger partial charge in [0.1, 0.15) is 5.76 Å². The molecule has 0 radical (unpaired) electrons. The normalized spacial score (nSPS) is 23.8. The first-order chi connectivity index (χ1) is 8.35. The number of nitrogens with one attached hydrogen (secondary N) is 1. The Kier molecular flexibility index (Phi) is 3.09. The zero-order valence-electron chi connectivity index (χ0n) is 9.98. The summed E-state index contributed by atoms with van der Waals surface area (Å²) in [6, 6.07) is 0. The fourth-order valence-corrected chi connectivity index (χ4v) is 3.15. The van der Waals surface area contributed by atoms with Gasteiger partial charge in [-0.15, -0.1) is 0 Å². The third kappa shape index (κ3) is 2.65. The molecular formula is C12H17N3OS. The van der Waals surface area contributed by atoms with E-state index in [0.29, 0.717) is 11.8 Å². The van der Waals surface area contributed by atoms with E-state index < -0.39 is 0 Å². The lowest BCUT2D eigenvalue weighted by Crippen LogP contribution is -2.19. The van der Waals surface area contributed by atoms with Gasteiger partial charge in [0.15, 0.2) is 5.17 Å². The Hall–Kier alpha value is -0.970. The maximum atomic E-state index is 5.54. The van der Waals surface area contributed by atoms with Crippen LogP contribution in [0, 0.1) is 5.92 Å². The van der Waals surface area contributed by atoms with Crippen molar-refractivity contribution in [2.45, 2.75) is 38.0 Å². The molecule has 1 aliphatic carbocycles. The van der Waals surface area contributed by atoms with Crippen molar-refractivity contribution >= 4 is 16.9 Å². The molecule has 5 heteroatoms. The van der Waals surface area contributed by atoms with Crippen molar-refractivity contribution in [1.82, 2.24) is 10.3 Å². The van der Waals surface area contributed by atoms with E-state index in [1.54, 1.807) is 6.20 Å². The van der Waals surface area contributed by atoms with Crippen molar-refractivity contribution in [3.8, 4) is 0 Å². The minimum atomic E-state index is 0.642. The molecule has 1 fully saturated rings. The van der Waals surface area contributed by atoms with Gasteiger partial charge in [-0.25, -0.2) is 4.98 Å². The van der Waals surface area contributed by atoms with Crippen molar-refractivity contribution in [3.63, 3.8) is 0 Å². The number of thioether (sulfide) groups is 1. The summed E-state index contributed by atoms with van der Waals surface area (Å²) in [5, 5.41) is 5.07. The van der Waals surface area contributed by atoms with Crippen molar-refractivity contribution in [2.24, 2.45) is 10.9 Å². The Morgan fingerprint density at radius 2 is 2.41 bits per heavy atom. The van der Waals surface area contributed by atoms with Gasteiger partial charge in [0.2, 0.25) is 5.89 Å². The van der Waals surface area contributed by atoms with E-state index >= 15 is 0 Å². The van der Waals surface area contributed by atoms with Gasteiger partial charge in [0.25, 0.3) is 0 Å². The molecule has 1 unspecified atom stereocenters. The van der Waals surface area contributed by atoms with E-state index in [1.807, 2.05) is 11.8 Å². The molecule has 1 aromatic rings. The third-order valence-electron chi connectivity index (χ3n) is 3.17. The van der Waals surface area contributed by atoms with Crippen LogP contribution >= 0.6 is 11.8 Å². The fourth-order valence-electron chi connectivity index (χ4n) is 1.95. The van der Waals surface area contributed by atoms with E-state index in [1.165, 1.54) is 12.8 Å². The standard InChI is InChI=1S/C12H17N3OS/c1-2-9-5-13-11(16-9)7-15-12-14-6-10(17-12)8-3-4-8/h5,8,10H,2-4,6-7H2,1H3,(H,14,15). The van der Waals surface area contributed by atoms with Gasteiger partial charge >= 0.3 is 0 Å². The largest absolute Gasteiger partial charge is 0.444 e. The number of rotatable bonds is 4. The molecule has 92 valence electrons. The number of aromatic nitrogens is 1. The Bertz CT molecular complexity index is 425. The zero-order chi connectivity index (χ0) is 11.7. The minimum absolute atomic E-state index is 0.642. The summed E-state index contributed by atoms with van der Waals surface area (Å²) in [7, 11) is 0. The SMILES string of the molecule is CCc1cnc(CNC2=NCC(C3CC3)S2)o1. The first kappa shape index (κ1) is 11.1. The lowest BCUT2D eigenvalue weighted by molar-refractivity contribution is 0.454. The lowest BCUT2D eigenvalue weighted by atomic mass is 10.3. The van der Waals surface area contributed by atoms with Crippen LogP contribution in [0.2, 0.25) is 0 Å². The Labute approximate surface area is 105 Å². The highest BCUT2D eigenvalue weighted by Gasteiger charge is 2.35. The molecule has 0 spiro atoms. The van der Waals surface area contributed by atoms with Crippen LogP contribution in [0.15, 0.2) is 15.6 Å². The summed E-state index contributed by atoms with van der Waals surface area (Å²) in [6.45, 7) is 3.68. The number of aliphatic imine (C=N–C) groups is 1. The predicted molar refractivity (Wildman–Crippen MR) is 69.1 cm³/mol. The number of oxazole rings is 1. The molecule has 1 aromatic heterocycles. The molecule has 1 aliphatic heterocycles. The summed E-state index contributed by atoms with van der Waals surface area (Å²) in [5.74, 6) is 2.61. The van der Waals surface area contributed by atoms with E-state index in [2.05, 4.69) is 22.2 Å². The molecule has 0 bridgehead atoms. The average Bonchev–Trinajstić information content (AvgIpc) is 2.93. The monoisotopic (exact) mass is 251 g/mol. The van der Waals surface area contributed by atoms with Crippen LogP contribution in [0.25, 0.3) is 0 Å². The summed E-state index contributed by atoms with van der Waals surface area (Å²) in [6.07, 6.45) is 5.47. The molecule has 1 N–H and O–H groups in total. The van der Waals surface area contributed by atoms with Gasteiger partial charge in [-0.1, -0.05) is 18.7 Å². The van der Waals surface area contributed by atoms with Crippen LogP contribution < -0.4 is 5.32 Å². The molecule has 0 amide bonds. The van der Waals surface area contributed by atoms with Crippen LogP contribution in [0.3, 0.4) is 0 Å². The second-order valence-corrected chi connectivity index (χ2v) is 5.79. The number of aryl methyl sites for hydroxylation is 1. The zero-order valence-corrected chi connectivity index (χ0v) is 10.8. The predicted octanol–water partition coefficient (Wildman–Crippen LogP) is 2.21. The first-order valence-electron chi connectivity index (χ1n) is 6.23. The maximum absolute atomic E-state index is 5.54. The van der Waals surface area contributed by atoms with Crippen molar-refractivity contribution in [2.75, 3.05) is 6.54 Å². The number of amidine groups is 1. The van der Waals surface area contributed by atoms with Crippen molar-refractivity contribution < 1.29 is 4.42 Å². The molecule has 1 atom stereocenters. The molecule has 2 heterocycles. The molecule has 4 nitrogen and oxygen atoms in total. The van der Waals surface area contributed by atoms with E-state index in [0.717, 1.165) is 35.7 Å². The van der Waals surface area contributed by atoms with Gasteiger partial charge < -0.3 is 9.73 Å². The van der Waals surface area contributed by atoms with Gasteiger partial charge in [-0.05, 0) is 18.8 Å². The molecular weight excluding hydrogens is 234 g/mol. The highest BCUT2D eigenvalue weighted by molar-refractivity contribution is 8.14. The Morgan fingerprint density at radius 1 is 1.53 bits per heavy atom. The molecule has 3 rings (SSSR count). The highest BCUT2D eigenvalue weighted by atomic mass is 32.2. The Balaban J connectivity index is 1.48.